The number of halogens is 3. The first kappa shape index (κ1) is 14.8. The fraction of sp³-hybridized carbons (Fsp3) is 0. The van der Waals surface area contributed by atoms with Gasteiger partial charge in [0.25, 0.3) is 0 Å². The molecule has 0 bridgehead atoms. The lowest BCUT2D eigenvalue weighted by molar-refractivity contribution is 0.112. The van der Waals surface area contributed by atoms with Gasteiger partial charge < -0.3 is 0 Å². The average molecular weight is 402 g/mol. The van der Waals surface area contributed by atoms with E-state index in [4.69, 9.17) is 23.2 Å². The summed E-state index contributed by atoms with van der Waals surface area (Å²) in [5.74, 6) is 0. The van der Waals surface area contributed by atoms with Gasteiger partial charge in [-0.3, -0.25) is 4.79 Å². The number of hydrogen-bond acceptors (Lipinski definition) is 3. The molecule has 0 radical (unpaired) electrons. The van der Waals surface area contributed by atoms with E-state index in [0.29, 0.717) is 21.3 Å². The molecule has 3 nitrogen and oxygen atoms in total. The molecule has 0 saturated heterocycles. The smallest absolute Gasteiger partial charge is 0.153 e. The number of aldehydes is 1. The number of rotatable bonds is 3. The van der Waals surface area contributed by atoms with E-state index in [-0.39, 0.29) is 0 Å². The van der Waals surface area contributed by atoms with Crippen LogP contribution < -0.4 is 0 Å². The summed E-state index contributed by atoms with van der Waals surface area (Å²) in [6, 6.07) is 7.13. The van der Waals surface area contributed by atoms with Crippen LogP contribution in [0.15, 0.2) is 40.3 Å². The lowest BCUT2D eigenvalue weighted by Gasteiger charge is -2.02. The van der Waals surface area contributed by atoms with Gasteiger partial charge in [0.2, 0.25) is 0 Å². The topological polar surface area (TPSA) is 34.9 Å². The molecule has 0 amide bonds. The first-order valence-corrected chi connectivity index (χ1v) is 8.26. The van der Waals surface area contributed by atoms with Gasteiger partial charge in [-0.2, -0.15) is 5.10 Å². The molecule has 0 unspecified atom stereocenters. The van der Waals surface area contributed by atoms with Crippen molar-refractivity contribution in [3.8, 4) is 16.3 Å². The van der Waals surface area contributed by atoms with Crippen LogP contribution in [0.5, 0.6) is 0 Å². The van der Waals surface area contributed by atoms with Crippen LogP contribution in [0.1, 0.15) is 10.4 Å². The predicted molar refractivity (Wildman–Crippen MR) is 90.0 cm³/mol. The molecule has 0 fully saturated rings. The van der Waals surface area contributed by atoms with E-state index in [1.54, 1.807) is 29.1 Å². The third-order valence-electron chi connectivity index (χ3n) is 2.84. The zero-order valence-electron chi connectivity index (χ0n) is 10.4. The van der Waals surface area contributed by atoms with E-state index in [9.17, 15) is 4.79 Å². The lowest BCUT2D eigenvalue weighted by Crippen LogP contribution is -1.94. The van der Waals surface area contributed by atoms with Crippen molar-refractivity contribution >= 4 is 56.8 Å². The quantitative estimate of drug-likeness (QED) is 0.544. The Balaban J connectivity index is 2.10. The van der Waals surface area contributed by atoms with Crippen molar-refractivity contribution in [2.45, 2.75) is 0 Å². The number of thiophene rings is 1. The van der Waals surface area contributed by atoms with E-state index in [1.165, 1.54) is 11.3 Å². The maximum Gasteiger partial charge on any atom is 0.153 e. The summed E-state index contributed by atoms with van der Waals surface area (Å²) in [6.07, 6.45) is 2.47. The highest BCUT2D eigenvalue weighted by Crippen LogP contribution is 2.32. The highest BCUT2D eigenvalue weighted by atomic mass is 79.9. The monoisotopic (exact) mass is 400 g/mol. The van der Waals surface area contributed by atoms with Gasteiger partial charge in [0.05, 0.1) is 26.2 Å². The molecule has 0 aliphatic carbocycles. The number of carbonyl (C=O) groups is 1. The average Bonchev–Trinajstić information content (AvgIpc) is 3.07. The van der Waals surface area contributed by atoms with Crippen LogP contribution in [0.4, 0.5) is 0 Å². The molecule has 0 aliphatic rings. The highest BCUT2D eigenvalue weighted by Gasteiger charge is 2.14. The Labute approximate surface area is 143 Å². The Bertz CT molecular complexity index is 828. The molecular weight excluding hydrogens is 395 g/mol. The molecule has 2 heterocycles. The maximum absolute atomic E-state index is 11.3. The number of carbonyl (C=O) groups excluding carboxylic acids is 1. The molecule has 106 valence electrons. The number of hydrogen-bond donors (Lipinski definition) is 0. The minimum atomic E-state index is 0.442. The van der Waals surface area contributed by atoms with Crippen molar-refractivity contribution in [3.05, 3.63) is 55.9 Å². The summed E-state index contributed by atoms with van der Waals surface area (Å²) in [7, 11) is 0. The van der Waals surface area contributed by atoms with E-state index >= 15 is 0 Å². The predicted octanol–water partition coefficient (Wildman–Crippen LogP) is 5.48. The molecule has 0 spiro atoms. The Morgan fingerprint density at radius 2 is 2.05 bits per heavy atom. The zero-order chi connectivity index (χ0) is 15.0. The van der Waals surface area contributed by atoms with Gasteiger partial charge in [0, 0.05) is 16.0 Å². The summed E-state index contributed by atoms with van der Waals surface area (Å²) in [5.41, 5.74) is 1.91. The fourth-order valence-electron chi connectivity index (χ4n) is 1.86. The minimum Gasteiger partial charge on any atom is -0.298 e. The van der Waals surface area contributed by atoms with Crippen LogP contribution >= 0.6 is 50.5 Å². The molecule has 2 aromatic heterocycles. The second-order valence-corrected chi connectivity index (χ2v) is 6.86. The van der Waals surface area contributed by atoms with Crippen LogP contribution in [-0.2, 0) is 0 Å². The van der Waals surface area contributed by atoms with E-state index in [2.05, 4.69) is 21.0 Å². The summed E-state index contributed by atoms with van der Waals surface area (Å²) in [5, 5.41) is 7.35. The summed E-state index contributed by atoms with van der Waals surface area (Å²) in [6.45, 7) is 0. The van der Waals surface area contributed by atoms with Gasteiger partial charge in [-0.25, -0.2) is 4.68 Å². The number of benzene rings is 1. The van der Waals surface area contributed by atoms with E-state index in [1.807, 2.05) is 11.4 Å². The van der Waals surface area contributed by atoms with Gasteiger partial charge in [0.1, 0.15) is 5.69 Å². The summed E-state index contributed by atoms with van der Waals surface area (Å²) >= 11 is 16.8. The third kappa shape index (κ3) is 2.92. The number of nitrogens with zero attached hydrogens (tertiary/aromatic N) is 2. The molecular formula is C14H7BrCl2N2OS. The van der Waals surface area contributed by atoms with Crippen molar-refractivity contribution in [1.29, 1.82) is 0 Å². The van der Waals surface area contributed by atoms with Crippen molar-refractivity contribution in [3.63, 3.8) is 0 Å². The van der Waals surface area contributed by atoms with Crippen LogP contribution in [0, 0.1) is 0 Å². The second-order valence-electron chi connectivity index (χ2n) is 4.22. The van der Waals surface area contributed by atoms with Crippen molar-refractivity contribution < 1.29 is 4.79 Å². The van der Waals surface area contributed by atoms with Gasteiger partial charge >= 0.3 is 0 Å². The van der Waals surface area contributed by atoms with E-state index in [0.717, 1.165) is 21.3 Å². The van der Waals surface area contributed by atoms with Gasteiger partial charge in [-0.1, -0.05) is 23.2 Å². The molecule has 0 saturated carbocycles. The molecule has 21 heavy (non-hydrogen) atoms. The Morgan fingerprint density at radius 3 is 2.67 bits per heavy atom. The highest BCUT2D eigenvalue weighted by molar-refractivity contribution is 9.10. The maximum atomic E-state index is 11.3. The molecule has 3 rings (SSSR count). The van der Waals surface area contributed by atoms with Crippen LogP contribution in [0.2, 0.25) is 10.0 Å². The standard InChI is InChI=1S/C14H7BrCl2N2OS/c15-9-3-13(21-7-9)14-8(6-20)5-19(18-14)10-1-2-11(16)12(17)4-10/h1-7H. The fourth-order valence-corrected chi connectivity index (χ4v) is 3.59. The molecule has 1 aromatic carbocycles. The molecule has 0 N–H and O–H groups in total. The minimum absolute atomic E-state index is 0.442. The summed E-state index contributed by atoms with van der Waals surface area (Å²) in [4.78, 5) is 12.2. The van der Waals surface area contributed by atoms with Gasteiger partial charge in [0.15, 0.2) is 6.29 Å². The first-order chi connectivity index (χ1) is 10.1. The molecule has 0 aliphatic heterocycles. The van der Waals surface area contributed by atoms with Crippen LogP contribution in [-0.4, -0.2) is 16.1 Å². The zero-order valence-corrected chi connectivity index (χ0v) is 14.3. The van der Waals surface area contributed by atoms with Crippen molar-refractivity contribution in [1.82, 2.24) is 9.78 Å². The van der Waals surface area contributed by atoms with Gasteiger partial charge in [-0.05, 0) is 40.2 Å². The lowest BCUT2D eigenvalue weighted by atomic mass is 10.2. The molecule has 3 aromatic rings. The third-order valence-corrected chi connectivity index (χ3v) is 5.27. The number of aromatic nitrogens is 2. The van der Waals surface area contributed by atoms with Crippen LogP contribution in [0.3, 0.4) is 0 Å². The molecule has 7 heteroatoms. The summed E-state index contributed by atoms with van der Waals surface area (Å²) < 4.78 is 2.58. The Morgan fingerprint density at radius 1 is 1.24 bits per heavy atom. The largest absolute Gasteiger partial charge is 0.298 e. The normalized spacial score (nSPS) is 10.8. The Hall–Kier alpha value is -1.14. The second kappa shape index (κ2) is 5.93. The van der Waals surface area contributed by atoms with Crippen molar-refractivity contribution in [2.75, 3.05) is 0 Å². The molecule has 0 atom stereocenters. The van der Waals surface area contributed by atoms with Crippen LogP contribution in [0.25, 0.3) is 16.3 Å². The Kier molecular flexibility index (Phi) is 4.17. The first-order valence-electron chi connectivity index (χ1n) is 5.83. The van der Waals surface area contributed by atoms with Crippen molar-refractivity contribution in [2.24, 2.45) is 0 Å². The SMILES string of the molecule is O=Cc1cn(-c2ccc(Cl)c(Cl)c2)nc1-c1cc(Br)cs1. The van der Waals surface area contributed by atoms with E-state index < -0.39 is 0 Å². The van der Waals surface area contributed by atoms with Gasteiger partial charge in [-0.15, -0.1) is 11.3 Å².